The summed E-state index contributed by atoms with van der Waals surface area (Å²) in [7, 11) is 0. The van der Waals surface area contributed by atoms with E-state index in [9.17, 15) is 4.39 Å². The fourth-order valence-electron chi connectivity index (χ4n) is 3.04. The van der Waals surface area contributed by atoms with Crippen LogP contribution < -0.4 is 5.32 Å². The van der Waals surface area contributed by atoms with Gasteiger partial charge in [0.1, 0.15) is 5.82 Å². The second-order valence-corrected chi connectivity index (χ2v) is 5.66. The van der Waals surface area contributed by atoms with Crippen LogP contribution in [0.1, 0.15) is 23.9 Å². The van der Waals surface area contributed by atoms with Crippen LogP contribution in [0.25, 0.3) is 0 Å². The number of aromatic nitrogens is 2. The Morgan fingerprint density at radius 3 is 2.75 bits per heavy atom. The maximum absolute atomic E-state index is 13.5. The summed E-state index contributed by atoms with van der Waals surface area (Å²) in [5.41, 5.74) is 3.36. The summed E-state index contributed by atoms with van der Waals surface area (Å²) in [6, 6.07) is 9.14. The molecule has 0 radical (unpaired) electrons. The molecule has 1 saturated heterocycles. The summed E-state index contributed by atoms with van der Waals surface area (Å²) in [5, 5.41) is 7.84. The molecule has 106 valence electrons. The van der Waals surface area contributed by atoms with Gasteiger partial charge in [-0.15, -0.1) is 0 Å². The molecule has 0 unspecified atom stereocenters. The Kier molecular flexibility index (Phi) is 3.34. The number of rotatable bonds is 4. The van der Waals surface area contributed by atoms with Crippen molar-refractivity contribution in [3.8, 4) is 0 Å². The van der Waals surface area contributed by atoms with E-state index in [0.717, 1.165) is 37.3 Å². The van der Waals surface area contributed by atoms with Gasteiger partial charge in [-0.3, -0.25) is 4.68 Å². The van der Waals surface area contributed by atoms with Gasteiger partial charge in [-0.05, 0) is 37.6 Å². The molecule has 0 amide bonds. The lowest BCUT2D eigenvalue weighted by Gasteiger charge is -2.43. The molecule has 2 heterocycles. The van der Waals surface area contributed by atoms with Crippen LogP contribution in [0.5, 0.6) is 0 Å². The molecule has 0 saturated carbocycles. The summed E-state index contributed by atoms with van der Waals surface area (Å²) < 4.78 is 15.6. The third-order valence-corrected chi connectivity index (χ3v) is 4.17. The van der Waals surface area contributed by atoms with E-state index in [1.165, 1.54) is 11.8 Å². The first-order valence-corrected chi connectivity index (χ1v) is 7.13. The van der Waals surface area contributed by atoms with Gasteiger partial charge in [0.05, 0.1) is 5.69 Å². The van der Waals surface area contributed by atoms with Gasteiger partial charge < -0.3 is 5.32 Å². The second-order valence-electron chi connectivity index (χ2n) is 5.66. The van der Waals surface area contributed by atoms with E-state index < -0.39 is 0 Å². The van der Waals surface area contributed by atoms with E-state index in [-0.39, 0.29) is 11.2 Å². The Morgan fingerprint density at radius 1 is 1.35 bits per heavy atom. The van der Waals surface area contributed by atoms with E-state index in [1.54, 1.807) is 12.1 Å². The molecule has 1 aromatic heterocycles. The zero-order chi connectivity index (χ0) is 14.2. The molecule has 1 aliphatic heterocycles. The van der Waals surface area contributed by atoms with Gasteiger partial charge in [0.15, 0.2) is 0 Å². The molecule has 3 rings (SSSR count). The number of hydrogen-bond acceptors (Lipinski definition) is 2. The topological polar surface area (TPSA) is 29.9 Å². The van der Waals surface area contributed by atoms with Crippen molar-refractivity contribution in [2.24, 2.45) is 0 Å². The van der Waals surface area contributed by atoms with Crippen molar-refractivity contribution in [3.05, 3.63) is 53.1 Å². The zero-order valence-electron chi connectivity index (χ0n) is 12.0. The highest BCUT2D eigenvalue weighted by Crippen LogP contribution is 2.33. The quantitative estimate of drug-likeness (QED) is 0.927. The minimum absolute atomic E-state index is 0.00148. The van der Waals surface area contributed by atoms with Crippen molar-refractivity contribution < 1.29 is 4.39 Å². The first-order valence-electron chi connectivity index (χ1n) is 7.13. The predicted molar refractivity (Wildman–Crippen MR) is 77.3 cm³/mol. The summed E-state index contributed by atoms with van der Waals surface area (Å²) >= 11 is 0. The number of nitrogens with zero attached hydrogens (tertiary/aromatic N) is 2. The number of halogens is 1. The van der Waals surface area contributed by atoms with Crippen LogP contribution in [-0.4, -0.2) is 22.9 Å². The van der Waals surface area contributed by atoms with E-state index in [1.807, 2.05) is 13.0 Å². The van der Waals surface area contributed by atoms with Crippen LogP contribution in [0, 0.1) is 12.7 Å². The summed E-state index contributed by atoms with van der Waals surface area (Å²) in [4.78, 5) is 0. The number of hydrogen-bond donors (Lipinski definition) is 1. The molecule has 1 fully saturated rings. The highest BCUT2D eigenvalue weighted by atomic mass is 19.1. The maximum atomic E-state index is 13.5. The predicted octanol–water partition coefficient (Wildman–Crippen LogP) is 2.43. The third-order valence-electron chi connectivity index (χ3n) is 4.17. The Hall–Kier alpha value is -1.68. The Balaban J connectivity index is 1.93. The minimum Gasteiger partial charge on any atom is -0.315 e. The van der Waals surface area contributed by atoms with E-state index in [4.69, 9.17) is 0 Å². The lowest BCUT2D eigenvalue weighted by molar-refractivity contribution is 0.268. The van der Waals surface area contributed by atoms with Crippen LogP contribution in [-0.2, 0) is 18.4 Å². The molecular weight excluding hydrogens is 253 g/mol. The van der Waals surface area contributed by atoms with E-state index in [2.05, 4.69) is 28.1 Å². The molecule has 4 heteroatoms. The summed E-state index contributed by atoms with van der Waals surface area (Å²) in [5.74, 6) is -0.158. The highest BCUT2D eigenvalue weighted by molar-refractivity contribution is 5.33. The van der Waals surface area contributed by atoms with Crippen molar-refractivity contribution >= 4 is 0 Å². The number of nitrogens with one attached hydrogen (secondary N) is 1. The standard InChI is InChI=1S/C16H20FN3/c1-3-20-15(7-12(2)19-20)9-16(10-18-11-16)13-5-4-6-14(17)8-13/h4-8,18H,3,9-11H2,1-2H3. The molecule has 20 heavy (non-hydrogen) atoms. The van der Waals surface area contributed by atoms with Crippen LogP contribution in [0.2, 0.25) is 0 Å². The molecule has 0 atom stereocenters. The highest BCUT2D eigenvalue weighted by Gasteiger charge is 2.39. The van der Waals surface area contributed by atoms with Crippen LogP contribution in [0.15, 0.2) is 30.3 Å². The van der Waals surface area contributed by atoms with Crippen LogP contribution >= 0.6 is 0 Å². The average Bonchev–Trinajstić information content (AvgIpc) is 2.74. The monoisotopic (exact) mass is 273 g/mol. The summed E-state index contributed by atoms with van der Waals surface area (Å²) in [6.45, 7) is 6.78. The first kappa shape index (κ1) is 13.3. The lowest BCUT2D eigenvalue weighted by Crippen LogP contribution is -2.58. The van der Waals surface area contributed by atoms with Crippen molar-refractivity contribution in [3.63, 3.8) is 0 Å². The molecule has 1 aliphatic rings. The second kappa shape index (κ2) is 5.02. The fraction of sp³-hybridized carbons (Fsp3) is 0.438. The normalized spacial score (nSPS) is 16.9. The molecule has 1 aromatic carbocycles. The van der Waals surface area contributed by atoms with Gasteiger partial charge in [0.25, 0.3) is 0 Å². The molecule has 1 N–H and O–H groups in total. The van der Waals surface area contributed by atoms with E-state index >= 15 is 0 Å². The van der Waals surface area contributed by atoms with Crippen molar-refractivity contribution in [1.82, 2.24) is 15.1 Å². The molecule has 0 bridgehead atoms. The van der Waals surface area contributed by atoms with Crippen molar-refractivity contribution in [2.75, 3.05) is 13.1 Å². The largest absolute Gasteiger partial charge is 0.315 e. The van der Waals surface area contributed by atoms with Crippen LogP contribution in [0.4, 0.5) is 4.39 Å². The molecule has 0 aliphatic carbocycles. The van der Waals surface area contributed by atoms with E-state index in [0.29, 0.717) is 0 Å². The van der Waals surface area contributed by atoms with Gasteiger partial charge in [0, 0.05) is 37.2 Å². The molecule has 3 nitrogen and oxygen atoms in total. The summed E-state index contributed by atoms with van der Waals surface area (Å²) in [6.07, 6.45) is 0.901. The Bertz CT molecular complexity index is 614. The SMILES string of the molecule is CCn1nc(C)cc1CC1(c2cccc(F)c2)CNC1. The van der Waals surface area contributed by atoms with Gasteiger partial charge in [0.2, 0.25) is 0 Å². The van der Waals surface area contributed by atoms with Crippen molar-refractivity contribution in [2.45, 2.75) is 32.2 Å². The van der Waals surface area contributed by atoms with Gasteiger partial charge >= 0.3 is 0 Å². The zero-order valence-corrected chi connectivity index (χ0v) is 12.0. The van der Waals surface area contributed by atoms with Crippen molar-refractivity contribution in [1.29, 1.82) is 0 Å². The van der Waals surface area contributed by atoms with Gasteiger partial charge in [-0.1, -0.05) is 12.1 Å². The lowest BCUT2D eigenvalue weighted by atomic mass is 9.72. The number of aryl methyl sites for hydroxylation is 2. The maximum Gasteiger partial charge on any atom is 0.123 e. The van der Waals surface area contributed by atoms with Gasteiger partial charge in [-0.2, -0.15) is 5.10 Å². The molecule has 2 aromatic rings. The smallest absolute Gasteiger partial charge is 0.123 e. The Labute approximate surface area is 118 Å². The fourth-order valence-corrected chi connectivity index (χ4v) is 3.04. The number of benzene rings is 1. The minimum atomic E-state index is -0.158. The molecular formula is C16H20FN3. The third kappa shape index (κ3) is 2.24. The molecule has 0 spiro atoms. The first-order chi connectivity index (χ1) is 9.63. The van der Waals surface area contributed by atoms with Gasteiger partial charge in [-0.25, -0.2) is 4.39 Å². The average molecular weight is 273 g/mol. The Morgan fingerprint density at radius 2 is 2.15 bits per heavy atom. The van der Waals surface area contributed by atoms with Crippen LogP contribution in [0.3, 0.4) is 0 Å².